The Labute approximate surface area is 128 Å². The second-order valence-corrected chi connectivity index (χ2v) is 7.02. The van der Waals surface area contributed by atoms with Crippen molar-refractivity contribution in [1.29, 1.82) is 0 Å². The normalized spacial score (nSPS) is 18.3. The van der Waals surface area contributed by atoms with Crippen molar-refractivity contribution in [3.63, 3.8) is 0 Å². The van der Waals surface area contributed by atoms with Crippen LogP contribution in [0.3, 0.4) is 0 Å². The van der Waals surface area contributed by atoms with Crippen LogP contribution in [-0.2, 0) is 11.3 Å². The fourth-order valence-corrected chi connectivity index (χ4v) is 2.75. The van der Waals surface area contributed by atoms with Crippen molar-refractivity contribution in [1.82, 2.24) is 10.3 Å². The molecule has 0 spiro atoms. The van der Waals surface area contributed by atoms with Crippen LogP contribution in [0.4, 0.5) is 5.82 Å². The molecule has 0 aromatic carbocycles. The van der Waals surface area contributed by atoms with E-state index in [0.29, 0.717) is 5.92 Å². The van der Waals surface area contributed by atoms with Gasteiger partial charge in [0.2, 0.25) is 0 Å². The zero-order valence-corrected chi connectivity index (χ0v) is 14.1. The van der Waals surface area contributed by atoms with Gasteiger partial charge in [0.15, 0.2) is 0 Å². The number of nitrogens with zero attached hydrogens (tertiary/aromatic N) is 2. The lowest BCUT2D eigenvalue weighted by atomic mass is 10.0. The number of aromatic nitrogens is 1. The minimum Gasteiger partial charge on any atom is -0.377 e. The number of pyridine rings is 1. The standard InChI is InChI=1S/C17H29N3O/c1-13(2)10-18-11-15-8-14(3)19-16(9-15)20-6-7-21-12-17(20,4)5/h8-9,13,18H,6-7,10-12H2,1-5H3. The fraction of sp³-hybridized carbons (Fsp3) is 0.706. The summed E-state index contributed by atoms with van der Waals surface area (Å²) >= 11 is 0. The van der Waals surface area contributed by atoms with Gasteiger partial charge < -0.3 is 15.0 Å². The summed E-state index contributed by atoms with van der Waals surface area (Å²) in [6.07, 6.45) is 0. The Bertz CT molecular complexity index is 471. The number of rotatable bonds is 5. The number of hydrogen-bond acceptors (Lipinski definition) is 4. The molecule has 1 aromatic heterocycles. The van der Waals surface area contributed by atoms with E-state index in [0.717, 1.165) is 44.4 Å². The molecule has 1 N–H and O–H groups in total. The van der Waals surface area contributed by atoms with Gasteiger partial charge in [0, 0.05) is 18.8 Å². The molecule has 0 saturated carbocycles. The van der Waals surface area contributed by atoms with Crippen molar-refractivity contribution in [2.75, 3.05) is 31.2 Å². The molecule has 0 aliphatic carbocycles. The van der Waals surface area contributed by atoms with E-state index in [1.165, 1.54) is 5.56 Å². The van der Waals surface area contributed by atoms with Gasteiger partial charge in [-0.3, -0.25) is 0 Å². The topological polar surface area (TPSA) is 37.4 Å². The first-order chi connectivity index (χ1) is 9.88. The summed E-state index contributed by atoms with van der Waals surface area (Å²) in [4.78, 5) is 7.11. The molecule has 0 amide bonds. The summed E-state index contributed by atoms with van der Waals surface area (Å²) in [5.41, 5.74) is 2.39. The molecule has 1 aliphatic heterocycles. The molecule has 118 valence electrons. The van der Waals surface area contributed by atoms with E-state index in [-0.39, 0.29) is 5.54 Å². The van der Waals surface area contributed by atoms with Gasteiger partial charge in [-0.2, -0.15) is 0 Å². The third-order valence-corrected chi connectivity index (χ3v) is 3.80. The number of aryl methyl sites for hydroxylation is 1. The predicted molar refractivity (Wildman–Crippen MR) is 87.8 cm³/mol. The second kappa shape index (κ2) is 6.75. The second-order valence-electron chi connectivity index (χ2n) is 7.02. The van der Waals surface area contributed by atoms with Gasteiger partial charge in [0.25, 0.3) is 0 Å². The lowest BCUT2D eigenvalue weighted by molar-refractivity contribution is 0.0639. The molecule has 1 aromatic rings. The van der Waals surface area contributed by atoms with Crippen molar-refractivity contribution >= 4 is 5.82 Å². The van der Waals surface area contributed by atoms with Crippen molar-refractivity contribution < 1.29 is 4.74 Å². The van der Waals surface area contributed by atoms with Gasteiger partial charge >= 0.3 is 0 Å². The fourth-order valence-electron chi connectivity index (χ4n) is 2.75. The molecule has 4 nitrogen and oxygen atoms in total. The SMILES string of the molecule is Cc1cc(CNCC(C)C)cc(N2CCOCC2(C)C)n1. The van der Waals surface area contributed by atoms with E-state index in [1.807, 2.05) is 0 Å². The number of hydrogen-bond donors (Lipinski definition) is 1. The largest absolute Gasteiger partial charge is 0.377 e. The Kier molecular flexibility index (Phi) is 5.22. The van der Waals surface area contributed by atoms with E-state index < -0.39 is 0 Å². The monoisotopic (exact) mass is 291 g/mol. The predicted octanol–water partition coefficient (Wildman–Crippen LogP) is 2.75. The van der Waals surface area contributed by atoms with Gasteiger partial charge in [0.1, 0.15) is 5.82 Å². The summed E-state index contributed by atoms with van der Waals surface area (Å²) in [5.74, 6) is 1.75. The zero-order chi connectivity index (χ0) is 15.5. The van der Waals surface area contributed by atoms with E-state index >= 15 is 0 Å². The number of nitrogens with one attached hydrogen (secondary N) is 1. The molecule has 2 heterocycles. The van der Waals surface area contributed by atoms with E-state index in [9.17, 15) is 0 Å². The molecule has 1 aliphatic rings. The Morgan fingerprint density at radius 1 is 1.38 bits per heavy atom. The maximum Gasteiger partial charge on any atom is 0.129 e. The first-order valence-electron chi connectivity index (χ1n) is 7.92. The summed E-state index contributed by atoms with van der Waals surface area (Å²) in [5, 5.41) is 3.51. The first-order valence-corrected chi connectivity index (χ1v) is 7.92. The Morgan fingerprint density at radius 3 is 2.81 bits per heavy atom. The smallest absolute Gasteiger partial charge is 0.129 e. The Hall–Kier alpha value is -1.13. The highest BCUT2D eigenvalue weighted by Gasteiger charge is 2.31. The zero-order valence-electron chi connectivity index (χ0n) is 14.1. The quantitative estimate of drug-likeness (QED) is 0.905. The third-order valence-electron chi connectivity index (χ3n) is 3.80. The maximum atomic E-state index is 5.61. The molecule has 4 heteroatoms. The van der Waals surface area contributed by atoms with Crippen LogP contribution in [0.5, 0.6) is 0 Å². The van der Waals surface area contributed by atoms with Crippen LogP contribution in [0.2, 0.25) is 0 Å². The number of anilines is 1. The molecular formula is C17H29N3O. The third kappa shape index (κ3) is 4.42. The van der Waals surface area contributed by atoms with E-state index in [1.54, 1.807) is 0 Å². The average Bonchev–Trinajstić information content (AvgIpc) is 2.37. The molecule has 1 fully saturated rings. The minimum absolute atomic E-state index is 0.00166. The summed E-state index contributed by atoms with van der Waals surface area (Å²) in [6, 6.07) is 4.39. The molecule has 2 rings (SSSR count). The highest BCUT2D eigenvalue weighted by Crippen LogP contribution is 2.26. The lowest BCUT2D eigenvalue weighted by Crippen LogP contribution is -2.53. The van der Waals surface area contributed by atoms with Gasteiger partial charge in [-0.05, 0) is 50.9 Å². The van der Waals surface area contributed by atoms with Crippen LogP contribution >= 0.6 is 0 Å². The molecule has 0 bridgehead atoms. The Morgan fingerprint density at radius 2 is 2.14 bits per heavy atom. The van der Waals surface area contributed by atoms with Crippen LogP contribution in [0.1, 0.15) is 39.0 Å². The number of morpholine rings is 1. The van der Waals surface area contributed by atoms with Gasteiger partial charge in [-0.15, -0.1) is 0 Å². The van der Waals surface area contributed by atoms with E-state index in [2.05, 4.69) is 57.0 Å². The van der Waals surface area contributed by atoms with Crippen molar-refractivity contribution in [3.8, 4) is 0 Å². The van der Waals surface area contributed by atoms with Crippen molar-refractivity contribution in [2.24, 2.45) is 5.92 Å². The van der Waals surface area contributed by atoms with Crippen LogP contribution in [0, 0.1) is 12.8 Å². The molecule has 0 radical (unpaired) electrons. The molecule has 21 heavy (non-hydrogen) atoms. The van der Waals surface area contributed by atoms with Crippen LogP contribution in [0.15, 0.2) is 12.1 Å². The summed E-state index contributed by atoms with van der Waals surface area (Å²) in [6.45, 7) is 15.3. The highest BCUT2D eigenvalue weighted by atomic mass is 16.5. The summed E-state index contributed by atoms with van der Waals surface area (Å²) < 4.78 is 5.61. The highest BCUT2D eigenvalue weighted by molar-refractivity contribution is 5.45. The lowest BCUT2D eigenvalue weighted by Gasteiger charge is -2.43. The first kappa shape index (κ1) is 16.2. The van der Waals surface area contributed by atoms with Crippen LogP contribution < -0.4 is 10.2 Å². The minimum atomic E-state index is 0.00166. The maximum absolute atomic E-state index is 5.61. The van der Waals surface area contributed by atoms with Crippen molar-refractivity contribution in [2.45, 2.75) is 46.7 Å². The number of ether oxygens (including phenoxy) is 1. The Balaban J connectivity index is 2.14. The average molecular weight is 291 g/mol. The van der Waals surface area contributed by atoms with Crippen molar-refractivity contribution in [3.05, 3.63) is 23.4 Å². The molecule has 0 atom stereocenters. The van der Waals surface area contributed by atoms with E-state index in [4.69, 9.17) is 9.72 Å². The van der Waals surface area contributed by atoms with Crippen LogP contribution in [0.25, 0.3) is 0 Å². The summed E-state index contributed by atoms with van der Waals surface area (Å²) in [7, 11) is 0. The molecule has 1 saturated heterocycles. The van der Waals surface area contributed by atoms with Gasteiger partial charge in [0.05, 0.1) is 18.8 Å². The van der Waals surface area contributed by atoms with Crippen LogP contribution in [-0.4, -0.2) is 36.8 Å². The van der Waals surface area contributed by atoms with Gasteiger partial charge in [-0.25, -0.2) is 4.98 Å². The molecule has 0 unspecified atom stereocenters. The molecular weight excluding hydrogens is 262 g/mol. The van der Waals surface area contributed by atoms with Gasteiger partial charge in [-0.1, -0.05) is 13.8 Å².